The van der Waals surface area contributed by atoms with Gasteiger partial charge in [-0.3, -0.25) is 9.82 Å². The van der Waals surface area contributed by atoms with Gasteiger partial charge in [-0.05, 0) is 37.3 Å². The summed E-state index contributed by atoms with van der Waals surface area (Å²) in [6, 6.07) is 10.0. The third kappa shape index (κ3) is 4.29. The second-order valence-corrected chi connectivity index (χ2v) is 9.87. The second kappa shape index (κ2) is 6.95. The standard InChI is InChI=1S/C16H15ClN4O4S2/c1-10-18-16(20-19-10)11-4-3-5-12(8-11)21-27(24,25)15-9-13(26(2,22)23)6-7-14(15)17/h3-9,21H,1-2H3,(H,18,19,20). The Hall–Kier alpha value is -2.43. The lowest BCUT2D eigenvalue weighted by molar-refractivity contribution is 0.600. The number of rotatable bonds is 5. The zero-order valence-corrected chi connectivity index (χ0v) is 16.7. The number of nitrogens with one attached hydrogen (secondary N) is 2. The summed E-state index contributed by atoms with van der Waals surface area (Å²) in [7, 11) is -7.70. The molecule has 0 unspecified atom stereocenters. The molecule has 2 N–H and O–H groups in total. The molecule has 0 fully saturated rings. The van der Waals surface area contributed by atoms with E-state index in [0.717, 1.165) is 12.3 Å². The van der Waals surface area contributed by atoms with Crippen molar-refractivity contribution in [3.8, 4) is 11.4 Å². The molecule has 0 radical (unpaired) electrons. The molecule has 3 rings (SSSR count). The molecule has 142 valence electrons. The zero-order valence-electron chi connectivity index (χ0n) is 14.3. The number of hydrogen-bond donors (Lipinski definition) is 2. The first-order valence-electron chi connectivity index (χ1n) is 7.58. The lowest BCUT2D eigenvalue weighted by atomic mass is 10.2. The van der Waals surface area contributed by atoms with Gasteiger partial charge >= 0.3 is 0 Å². The van der Waals surface area contributed by atoms with Crippen LogP contribution in [-0.4, -0.2) is 38.3 Å². The molecule has 0 atom stereocenters. The van der Waals surface area contributed by atoms with Gasteiger partial charge in [0.05, 0.1) is 9.92 Å². The second-order valence-electron chi connectivity index (χ2n) is 5.80. The van der Waals surface area contributed by atoms with Crippen LogP contribution < -0.4 is 4.72 Å². The van der Waals surface area contributed by atoms with Gasteiger partial charge < -0.3 is 0 Å². The predicted octanol–water partition coefficient (Wildman–Crippen LogP) is 2.64. The fourth-order valence-corrected chi connectivity index (χ4v) is 4.62. The Morgan fingerprint density at radius 3 is 2.44 bits per heavy atom. The number of H-pyrrole nitrogens is 1. The molecule has 8 nitrogen and oxygen atoms in total. The molecule has 0 saturated carbocycles. The fraction of sp³-hybridized carbons (Fsp3) is 0.125. The Labute approximate surface area is 161 Å². The van der Waals surface area contributed by atoms with E-state index in [9.17, 15) is 16.8 Å². The van der Waals surface area contributed by atoms with Crippen LogP contribution in [0.15, 0.2) is 52.3 Å². The number of benzene rings is 2. The van der Waals surface area contributed by atoms with Gasteiger partial charge in [-0.15, -0.1) is 0 Å². The highest BCUT2D eigenvalue weighted by Gasteiger charge is 2.21. The summed E-state index contributed by atoms with van der Waals surface area (Å²) < 4.78 is 51.3. The molecule has 0 aliphatic heterocycles. The number of sulfonamides is 1. The van der Waals surface area contributed by atoms with Crippen molar-refractivity contribution in [1.82, 2.24) is 15.2 Å². The number of sulfone groups is 1. The highest BCUT2D eigenvalue weighted by Crippen LogP contribution is 2.28. The number of aromatic nitrogens is 3. The van der Waals surface area contributed by atoms with Crippen LogP contribution in [0.1, 0.15) is 5.82 Å². The molecule has 1 heterocycles. The number of anilines is 1. The molecule has 2 aromatic carbocycles. The number of aryl methyl sites for hydroxylation is 1. The van der Waals surface area contributed by atoms with Crippen molar-refractivity contribution in [2.45, 2.75) is 16.7 Å². The monoisotopic (exact) mass is 426 g/mol. The van der Waals surface area contributed by atoms with E-state index in [2.05, 4.69) is 19.9 Å². The van der Waals surface area contributed by atoms with Crippen LogP contribution in [0.5, 0.6) is 0 Å². The van der Waals surface area contributed by atoms with Crippen LogP contribution in [0.3, 0.4) is 0 Å². The minimum atomic E-state index is -4.12. The van der Waals surface area contributed by atoms with Gasteiger partial charge in [0.2, 0.25) is 0 Å². The van der Waals surface area contributed by atoms with Gasteiger partial charge in [-0.1, -0.05) is 23.7 Å². The van der Waals surface area contributed by atoms with E-state index in [4.69, 9.17) is 11.6 Å². The third-order valence-corrected chi connectivity index (χ3v) is 6.56. The Bertz CT molecular complexity index is 1220. The molecule has 11 heteroatoms. The maximum atomic E-state index is 12.7. The van der Waals surface area contributed by atoms with Gasteiger partial charge in [0.25, 0.3) is 10.0 Å². The van der Waals surface area contributed by atoms with E-state index in [-0.39, 0.29) is 20.5 Å². The first-order chi connectivity index (χ1) is 12.6. The fourth-order valence-electron chi connectivity index (χ4n) is 2.32. The van der Waals surface area contributed by atoms with Gasteiger partial charge in [0, 0.05) is 17.5 Å². The van der Waals surface area contributed by atoms with Crippen molar-refractivity contribution in [1.29, 1.82) is 0 Å². The molecule has 0 amide bonds. The lowest BCUT2D eigenvalue weighted by Gasteiger charge is -2.11. The molecule has 0 aliphatic rings. The Morgan fingerprint density at radius 2 is 1.81 bits per heavy atom. The summed E-state index contributed by atoms with van der Waals surface area (Å²) in [4.78, 5) is 3.73. The average Bonchev–Trinajstić information content (AvgIpc) is 3.00. The molecular weight excluding hydrogens is 412 g/mol. The van der Waals surface area contributed by atoms with Crippen LogP contribution in [0, 0.1) is 6.92 Å². The topological polar surface area (TPSA) is 122 Å². The third-order valence-electron chi connectivity index (χ3n) is 3.59. The van der Waals surface area contributed by atoms with Crippen LogP contribution in [0.4, 0.5) is 5.69 Å². The van der Waals surface area contributed by atoms with Crippen molar-refractivity contribution in [3.05, 3.63) is 53.3 Å². The van der Waals surface area contributed by atoms with E-state index in [1.807, 2.05) is 0 Å². The van der Waals surface area contributed by atoms with Crippen molar-refractivity contribution < 1.29 is 16.8 Å². The normalized spacial score (nSPS) is 12.1. The smallest absolute Gasteiger partial charge is 0.263 e. The quantitative estimate of drug-likeness (QED) is 0.646. The maximum Gasteiger partial charge on any atom is 0.263 e. The van der Waals surface area contributed by atoms with Crippen LogP contribution in [0.25, 0.3) is 11.4 Å². The maximum absolute atomic E-state index is 12.7. The van der Waals surface area contributed by atoms with Crippen LogP contribution >= 0.6 is 11.6 Å². The van der Waals surface area contributed by atoms with Crippen LogP contribution in [0.2, 0.25) is 5.02 Å². The molecule has 0 bridgehead atoms. The van der Waals surface area contributed by atoms with E-state index >= 15 is 0 Å². The van der Waals surface area contributed by atoms with E-state index in [0.29, 0.717) is 17.2 Å². The van der Waals surface area contributed by atoms with Gasteiger partial charge in [0.1, 0.15) is 10.7 Å². The summed E-state index contributed by atoms with van der Waals surface area (Å²) in [6.07, 6.45) is 0.988. The predicted molar refractivity (Wildman–Crippen MR) is 102 cm³/mol. The van der Waals surface area contributed by atoms with Gasteiger partial charge in [-0.25, -0.2) is 21.8 Å². The van der Waals surface area contributed by atoms with Crippen molar-refractivity contribution in [2.75, 3.05) is 11.0 Å². The number of aromatic amines is 1. The Morgan fingerprint density at radius 1 is 1.07 bits per heavy atom. The lowest BCUT2D eigenvalue weighted by Crippen LogP contribution is -2.14. The largest absolute Gasteiger partial charge is 0.280 e. The van der Waals surface area contributed by atoms with Gasteiger partial charge in [-0.2, -0.15) is 5.10 Å². The minimum Gasteiger partial charge on any atom is -0.280 e. The number of nitrogens with zero attached hydrogens (tertiary/aromatic N) is 2. The summed E-state index contributed by atoms with van der Waals surface area (Å²) in [5, 5.41) is 6.66. The van der Waals surface area contributed by atoms with E-state index in [1.165, 1.54) is 12.1 Å². The molecule has 3 aromatic rings. The summed E-state index contributed by atoms with van der Waals surface area (Å²) >= 11 is 5.99. The SMILES string of the molecule is Cc1nc(-c2cccc(NS(=O)(=O)c3cc(S(C)(=O)=O)ccc3Cl)c2)n[nH]1. The van der Waals surface area contributed by atoms with E-state index < -0.39 is 19.9 Å². The number of halogens is 1. The van der Waals surface area contributed by atoms with Crippen LogP contribution in [-0.2, 0) is 19.9 Å². The first kappa shape index (κ1) is 19.3. The summed E-state index contributed by atoms with van der Waals surface area (Å²) in [5.41, 5.74) is 0.867. The highest BCUT2D eigenvalue weighted by molar-refractivity contribution is 7.93. The van der Waals surface area contributed by atoms with Crippen molar-refractivity contribution in [2.24, 2.45) is 0 Å². The molecule has 1 aromatic heterocycles. The number of hydrogen-bond acceptors (Lipinski definition) is 6. The molecule has 0 spiro atoms. The van der Waals surface area contributed by atoms with Gasteiger partial charge in [0.15, 0.2) is 15.7 Å². The summed E-state index contributed by atoms with van der Waals surface area (Å²) in [5.74, 6) is 1.05. The molecular formula is C16H15ClN4O4S2. The molecule has 27 heavy (non-hydrogen) atoms. The van der Waals surface area contributed by atoms with E-state index in [1.54, 1.807) is 31.2 Å². The zero-order chi connectivity index (χ0) is 19.8. The average molecular weight is 427 g/mol. The first-order valence-corrected chi connectivity index (χ1v) is 11.3. The minimum absolute atomic E-state index is 0.0874. The Balaban J connectivity index is 1.98. The highest BCUT2D eigenvalue weighted by atomic mass is 35.5. The molecule has 0 saturated heterocycles. The molecule has 0 aliphatic carbocycles. The summed E-state index contributed by atoms with van der Waals surface area (Å²) in [6.45, 7) is 1.75. The van der Waals surface area contributed by atoms with Crippen molar-refractivity contribution >= 4 is 37.1 Å². The van der Waals surface area contributed by atoms with Crippen molar-refractivity contribution in [3.63, 3.8) is 0 Å². The Kier molecular flexibility index (Phi) is 4.98.